The number of carbonyl (C=O) groups excluding carboxylic acids is 1. The molecule has 0 aliphatic carbocycles. The van der Waals surface area contributed by atoms with E-state index in [9.17, 15) is 4.79 Å². The van der Waals surface area contributed by atoms with E-state index < -0.39 is 0 Å². The van der Waals surface area contributed by atoms with Crippen LogP contribution in [0.25, 0.3) is 0 Å². The van der Waals surface area contributed by atoms with E-state index >= 15 is 0 Å². The van der Waals surface area contributed by atoms with Crippen LogP contribution in [0, 0.1) is 0 Å². The maximum atomic E-state index is 11.8. The third kappa shape index (κ3) is 3.07. The number of nitrogens with one attached hydrogen (secondary N) is 1. The van der Waals surface area contributed by atoms with Gasteiger partial charge in [0.2, 0.25) is 5.89 Å². The van der Waals surface area contributed by atoms with Crippen LogP contribution in [-0.4, -0.2) is 22.6 Å². The number of aromatic nitrogens is 2. The molecule has 6 nitrogen and oxygen atoms in total. The van der Waals surface area contributed by atoms with Crippen molar-refractivity contribution in [3.8, 4) is 0 Å². The van der Waals surface area contributed by atoms with Crippen molar-refractivity contribution in [1.82, 2.24) is 15.5 Å². The average molecular weight is 311 g/mol. The summed E-state index contributed by atoms with van der Waals surface area (Å²) in [4.78, 5) is 15.7. The Morgan fingerprint density at radius 2 is 2.33 bits per heavy atom. The fourth-order valence-corrected chi connectivity index (χ4v) is 1.74. The van der Waals surface area contributed by atoms with E-state index in [2.05, 4.69) is 31.4 Å². The molecular weight excluding hydrogens is 300 g/mol. The van der Waals surface area contributed by atoms with Crippen molar-refractivity contribution in [2.45, 2.75) is 6.42 Å². The Hall–Kier alpha value is -1.89. The molecule has 0 spiro atoms. The molecule has 0 atom stereocenters. The molecule has 0 saturated carbocycles. The van der Waals surface area contributed by atoms with Crippen molar-refractivity contribution in [3.63, 3.8) is 0 Å². The van der Waals surface area contributed by atoms with Gasteiger partial charge in [0.25, 0.3) is 5.91 Å². The first-order valence-corrected chi connectivity index (χ1v) is 6.05. The van der Waals surface area contributed by atoms with E-state index in [0.717, 1.165) is 0 Å². The third-order valence-electron chi connectivity index (χ3n) is 2.29. The first-order valence-electron chi connectivity index (χ1n) is 5.25. The quantitative estimate of drug-likeness (QED) is 0.832. The summed E-state index contributed by atoms with van der Waals surface area (Å²) in [6, 6.07) is 5.02. The molecule has 1 aromatic heterocycles. The van der Waals surface area contributed by atoms with E-state index in [4.69, 9.17) is 10.3 Å². The largest absolute Gasteiger partial charge is 0.398 e. The van der Waals surface area contributed by atoms with E-state index in [-0.39, 0.29) is 5.91 Å². The van der Waals surface area contributed by atoms with Crippen molar-refractivity contribution < 1.29 is 9.32 Å². The molecule has 7 heteroatoms. The van der Waals surface area contributed by atoms with Crippen LogP contribution < -0.4 is 11.1 Å². The van der Waals surface area contributed by atoms with Crippen molar-refractivity contribution in [1.29, 1.82) is 0 Å². The molecule has 0 aliphatic heterocycles. The lowest BCUT2D eigenvalue weighted by Crippen LogP contribution is -2.25. The van der Waals surface area contributed by atoms with Crippen molar-refractivity contribution >= 4 is 27.5 Å². The summed E-state index contributed by atoms with van der Waals surface area (Å²) in [5.74, 6) is 0.323. The maximum absolute atomic E-state index is 11.8. The summed E-state index contributed by atoms with van der Waals surface area (Å²) >= 11 is 3.28. The second kappa shape index (κ2) is 5.63. The molecule has 0 saturated heterocycles. The second-order valence-electron chi connectivity index (χ2n) is 3.58. The molecule has 1 aromatic carbocycles. The van der Waals surface area contributed by atoms with Crippen LogP contribution in [0.5, 0.6) is 0 Å². The Morgan fingerprint density at radius 3 is 3.00 bits per heavy atom. The lowest BCUT2D eigenvalue weighted by molar-refractivity contribution is 0.0953. The zero-order valence-corrected chi connectivity index (χ0v) is 11.0. The molecule has 0 unspecified atom stereocenters. The van der Waals surface area contributed by atoms with Crippen LogP contribution >= 0.6 is 15.9 Å². The Kier molecular flexibility index (Phi) is 3.93. The highest BCUT2D eigenvalue weighted by Gasteiger charge is 2.07. The predicted octanol–water partition coefficient (Wildman–Crippen LogP) is 1.39. The number of nitrogens with zero attached hydrogens (tertiary/aromatic N) is 2. The number of halogens is 1. The monoisotopic (exact) mass is 310 g/mol. The highest BCUT2D eigenvalue weighted by molar-refractivity contribution is 9.10. The average Bonchev–Trinajstić information content (AvgIpc) is 2.85. The molecule has 1 heterocycles. The summed E-state index contributed by atoms with van der Waals surface area (Å²) in [6.45, 7) is 0.434. The van der Waals surface area contributed by atoms with E-state index in [1.807, 2.05) is 0 Å². The van der Waals surface area contributed by atoms with E-state index in [1.54, 1.807) is 18.2 Å². The number of nitrogen functional groups attached to an aromatic ring is 1. The normalized spacial score (nSPS) is 10.3. The number of hydrogen-bond acceptors (Lipinski definition) is 5. The number of carbonyl (C=O) groups is 1. The summed E-state index contributed by atoms with van der Waals surface area (Å²) in [7, 11) is 0. The Labute approximate surface area is 112 Å². The number of amides is 1. The Balaban J connectivity index is 1.89. The number of nitrogens with two attached hydrogens (primary N) is 1. The van der Waals surface area contributed by atoms with Gasteiger partial charge >= 0.3 is 0 Å². The van der Waals surface area contributed by atoms with Gasteiger partial charge in [0.1, 0.15) is 0 Å². The minimum atomic E-state index is -0.171. The fraction of sp³-hybridized carbons (Fsp3) is 0.182. The van der Waals surface area contributed by atoms with E-state index in [0.29, 0.717) is 34.6 Å². The van der Waals surface area contributed by atoms with Gasteiger partial charge in [-0.2, -0.15) is 4.98 Å². The summed E-state index contributed by atoms with van der Waals surface area (Å²) in [5, 5.41) is 6.24. The molecule has 2 rings (SSSR count). The highest BCUT2D eigenvalue weighted by Crippen LogP contribution is 2.20. The summed E-state index contributed by atoms with van der Waals surface area (Å²) in [5.41, 5.74) is 6.78. The minimum Gasteiger partial charge on any atom is -0.398 e. The van der Waals surface area contributed by atoms with E-state index in [1.165, 1.54) is 6.33 Å². The smallest absolute Gasteiger partial charge is 0.251 e. The zero-order valence-electron chi connectivity index (χ0n) is 9.39. The molecule has 94 valence electrons. The zero-order chi connectivity index (χ0) is 13.0. The molecule has 0 aliphatic rings. The number of hydrogen-bond donors (Lipinski definition) is 2. The van der Waals surface area contributed by atoms with Gasteiger partial charge in [-0.15, -0.1) is 0 Å². The molecule has 0 fully saturated rings. The van der Waals surface area contributed by atoms with Crippen LogP contribution in [0.15, 0.2) is 33.5 Å². The minimum absolute atomic E-state index is 0.171. The van der Waals surface area contributed by atoms with Gasteiger partial charge in [0, 0.05) is 28.7 Å². The van der Waals surface area contributed by atoms with Crippen LogP contribution in [0.4, 0.5) is 5.69 Å². The molecule has 2 aromatic rings. The van der Waals surface area contributed by atoms with Gasteiger partial charge in [0.15, 0.2) is 6.33 Å². The van der Waals surface area contributed by atoms with Gasteiger partial charge in [-0.25, -0.2) is 0 Å². The first-order chi connectivity index (χ1) is 8.66. The fourth-order valence-electron chi connectivity index (χ4n) is 1.36. The van der Waals surface area contributed by atoms with Crippen LogP contribution in [-0.2, 0) is 6.42 Å². The molecule has 0 bridgehead atoms. The topological polar surface area (TPSA) is 94.0 Å². The van der Waals surface area contributed by atoms with Gasteiger partial charge in [-0.1, -0.05) is 5.16 Å². The summed E-state index contributed by atoms with van der Waals surface area (Å²) < 4.78 is 5.52. The van der Waals surface area contributed by atoms with Crippen LogP contribution in [0.1, 0.15) is 16.2 Å². The number of anilines is 1. The first kappa shape index (κ1) is 12.6. The molecule has 18 heavy (non-hydrogen) atoms. The molecule has 1 amide bonds. The summed E-state index contributed by atoms with van der Waals surface area (Å²) in [6.07, 6.45) is 1.83. The third-order valence-corrected chi connectivity index (χ3v) is 2.98. The Bertz CT molecular complexity index is 542. The van der Waals surface area contributed by atoms with Crippen molar-refractivity contribution in [2.75, 3.05) is 12.3 Å². The highest BCUT2D eigenvalue weighted by atomic mass is 79.9. The maximum Gasteiger partial charge on any atom is 0.251 e. The van der Waals surface area contributed by atoms with Crippen molar-refractivity contribution in [3.05, 3.63) is 40.5 Å². The Morgan fingerprint density at radius 1 is 1.50 bits per heavy atom. The number of rotatable bonds is 4. The molecule has 0 radical (unpaired) electrons. The standard InChI is InChI=1S/C11H11BrN4O2/c12-8-5-7(1-2-9(8)13)11(17)14-4-3-10-15-6-16-18-10/h1-2,5-6H,3-4,13H2,(H,14,17). The second-order valence-corrected chi connectivity index (χ2v) is 4.43. The lowest BCUT2D eigenvalue weighted by Gasteiger charge is -2.05. The van der Waals surface area contributed by atoms with Gasteiger partial charge < -0.3 is 15.6 Å². The van der Waals surface area contributed by atoms with Crippen LogP contribution in [0.2, 0.25) is 0 Å². The van der Waals surface area contributed by atoms with Crippen LogP contribution in [0.3, 0.4) is 0 Å². The molecular formula is C11H11BrN4O2. The lowest BCUT2D eigenvalue weighted by atomic mass is 10.2. The van der Waals surface area contributed by atoms with Gasteiger partial charge in [-0.3, -0.25) is 4.79 Å². The SMILES string of the molecule is Nc1ccc(C(=O)NCCc2ncno2)cc1Br. The molecule has 3 N–H and O–H groups in total. The number of benzene rings is 1. The van der Waals surface area contributed by atoms with Gasteiger partial charge in [-0.05, 0) is 34.1 Å². The predicted molar refractivity (Wildman–Crippen MR) is 68.9 cm³/mol. The van der Waals surface area contributed by atoms with Gasteiger partial charge in [0.05, 0.1) is 0 Å². The van der Waals surface area contributed by atoms with Crippen molar-refractivity contribution in [2.24, 2.45) is 0 Å².